The highest BCUT2D eigenvalue weighted by atomic mass is 16.3. The van der Waals surface area contributed by atoms with Crippen molar-refractivity contribution in [2.24, 2.45) is 0 Å². The van der Waals surface area contributed by atoms with Gasteiger partial charge in [-0.05, 0) is 34.5 Å². The second-order valence-electron chi connectivity index (χ2n) is 9.05. The molecule has 4 nitrogen and oxygen atoms in total. The van der Waals surface area contributed by atoms with E-state index in [1.54, 1.807) is 48.5 Å². The smallest absolute Gasteiger partial charge is 0.164 e. The van der Waals surface area contributed by atoms with Crippen LogP contribution in [0.4, 0.5) is 0 Å². The topological polar surface area (TPSA) is 51.8 Å². The van der Waals surface area contributed by atoms with E-state index in [4.69, 9.17) is 16.8 Å². The summed E-state index contributed by atoms with van der Waals surface area (Å²) in [6.07, 6.45) is 0. The molecule has 0 bridgehead atoms. The number of fused-ring (bicyclic) bond motifs is 4. The summed E-state index contributed by atoms with van der Waals surface area (Å²) in [7, 11) is 0. The Bertz CT molecular complexity index is 2830. The molecule has 0 fully saturated rings. The predicted octanol–water partition coefficient (Wildman–Crippen LogP) is 9.59. The molecule has 0 amide bonds. The van der Waals surface area contributed by atoms with E-state index in [2.05, 4.69) is 15.0 Å². The van der Waals surface area contributed by atoms with E-state index in [1.807, 2.05) is 12.1 Å². The molecule has 8 aromatic rings. The van der Waals surface area contributed by atoms with E-state index >= 15 is 0 Å². The van der Waals surface area contributed by atoms with Crippen LogP contribution in [0.25, 0.3) is 78.0 Å². The summed E-state index contributed by atoms with van der Waals surface area (Å²) in [5.41, 5.74) is -0.500. The van der Waals surface area contributed by atoms with Crippen molar-refractivity contribution in [2.45, 2.75) is 0 Å². The Labute approximate surface area is 254 Å². The maximum atomic E-state index is 9.41. The number of furan rings is 1. The number of rotatable bonds is 4. The molecule has 2 heterocycles. The summed E-state index contributed by atoms with van der Waals surface area (Å²) in [4.78, 5) is 13.9. The molecular formula is C37H23N3O. The fourth-order valence-corrected chi connectivity index (χ4v) is 4.72. The first-order valence-corrected chi connectivity index (χ1v) is 12.6. The summed E-state index contributed by atoms with van der Waals surface area (Å²) in [6, 6.07) is 9.54. The Morgan fingerprint density at radius 2 is 1.10 bits per heavy atom. The molecule has 41 heavy (non-hydrogen) atoms. The lowest BCUT2D eigenvalue weighted by atomic mass is 9.93. The highest BCUT2D eigenvalue weighted by Crippen LogP contribution is 2.42. The van der Waals surface area contributed by atoms with Crippen molar-refractivity contribution in [1.29, 1.82) is 0 Å². The Hall–Kier alpha value is -5.61. The maximum Gasteiger partial charge on any atom is 0.164 e. The van der Waals surface area contributed by atoms with E-state index in [9.17, 15) is 5.48 Å². The SMILES string of the molecule is [2H]c1c([2H])c([2H])c(-c2c3c([2H])c([2H])c([2H])c([2H])c3c([2H])c3oc4c([2H])c(-c5nc(-c6ccccc6)nc(-c6ccccc6)n5)c([2H])c([2H])c4c23)c([2H])c1[2H]. The number of hydrogen-bond acceptors (Lipinski definition) is 4. The molecule has 0 saturated carbocycles. The van der Waals surface area contributed by atoms with Crippen LogP contribution in [0.2, 0.25) is 0 Å². The van der Waals surface area contributed by atoms with Gasteiger partial charge in [-0.1, -0.05) is 121 Å². The van der Waals surface area contributed by atoms with Crippen LogP contribution in [0.1, 0.15) is 17.8 Å². The molecule has 0 aliphatic rings. The van der Waals surface area contributed by atoms with Gasteiger partial charge in [0.15, 0.2) is 17.5 Å². The molecule has 4 heteroatoms. The molecular weight excluding hydrogens is 502 g/mol. The van der Waals surface area contributed by atoms with E-state index < -0.39 is 84.1 Å². The normalized spacial score (nSPS) is 15.9. The van der Waals surface area contributed by atoms with Crippen molar-refractivity contribution >= 4 is 32.7 Å². The molecule has 0 aliphatic heterocycles. The van der Waals surface area contributed by atoms with Crippen LogP contribution in [0, 0.1) is 0 Å². The van der Waals surface area contributed by atoms with Crippen LogP contribution < -0.4 is 0 Å². The second kappa shape index (κ2) is 9.54. The van der Waals surface area contributed by atoms with Crippen LogP contribution in [0.5, 0.6) is 0 Å². The average molecular weight is 539 g/mol. The highest BCUT2D eigenvalue weighted by Gasteiger charge is 2.18. The fraction of sp³-hybridized carbons (Fsp3) is 0. The minimum Gasteiger partial charge on any atom is -0.456 e. The summed E-state index contributed by atoms with van der Waals surface area (Å²) < 4.78 is 120. The lowest BCUT2D eigenvalue weighted by Gasteiger charge is -2.09. The molecule has 0 atom stereocenters. The van der Waals surface area contributed by atoms with Crippen LogP contribution in [-0.4, -0.2) is 15.0 Å². The monoisotopic (exact) mass is 538 g/mol. The summed E-state index contributed by atoms with van der Waals surface area (Å²) in [5, 5.41) is -1.18. The van der Waals surface area contributed by atoms with Gasteiger partial charge in [-0.25, -0.2) is 15.0 Å². The third-order valence-corrected chi connectivity index (χ3v) is 6.56. The predicted molar refractivity (Wildman–Crippen MR) is 166 cm³/mol. The van der Waals surface area contributed by atoms with E-state index in [0.717, 1.165) is 0 Å². The van der Waals surface area contributed by atoms with Gasteiger partial charge in [0.1, 0.15) is 11.2 Å². The fourth-order valence-electron chi connectivity index (χ4n) is 4.72. The number of aromatic nitrogens is 3. The van der Waals surface area contributed by atoms with Gasteiger partial charge >= 0.3 is 0 Å². The summed E-state index contributed by atoms with van der Waals surface area (Å²) >= 11 is 0. The zero-order chi connectivity index (χ0) is 38.5. The zero-order valence-corrected chi connectivity index (χ0v) is 21.0. The Kier molecular flexibility index (Phi) is 3.17. The van der Waals surface area contributed by atoms with Gasteiger partial charge in [0, 0.05) is 33.0 Å². The minimum atomic E-state index is -0.732. The van der Waals surface area contributed by atoms with Gasteiger partial charge in [-0.3, -0.25) is 0 Å². The van der Waals surface area contributed by atoms with Crippen molar-refractivity contribution < 1.29 is 22.2 Å². The van der Waals surface area contributed by atoms with Crippen molar-refractivity contribution in [3.63, 3.8) is 0 Å². The largest absolute Gasteiger partial charge is 0.456 e. The third-order valence-electron chi connectivity index (χ3n) is 6.56. The lowest BCUT2D eigenvalue weighted by Crippen LogP contribution is -2.00. The van der Waals surface area contributed by atoms with Crippen LogP contribution in [0.15, 0.2) is 144 Å². The number of nitrogens with zero attached hydrogens (tertiary/aromatic N) is 3. The molecule has 0 N–H and O–H groups in total. The minimum absolute atomic E-state index is 0.129. The molecule has 2 aromatic heterocycles. The van der Waals surface area contributed by atoms with Gasteiger partial charge in [0.25, 0.3) is 0 Å². The van der Waals surface area contributed by atoms with Crippen molar-refractivity contribution in [3.8, 4) is 45.3 Å². The summed E-state index contributed by atoms with van der Waals surface area (Å²) in [6.45, 7) is 0. The van der Waals surface area contributed by atoms with E-state index in [0.29, 0.717) is 11.1 Å². The Balaban J connectivity index is 1.56. The first-order valence-electron chi connectivity index (χ1n) is 19.1. The standard InChI is InChI=1S/C37H23N3O/c1-4-12-24(13-5-1)33-29-19-11-10-18-27(29)22-32-34(33)30-21-20-28(23-31(30)41-32)37-39-35(25-14-6-2-7-15-25)38-36(40-37)26-16-8-3-9-17-26/h1-23H/i1D,4D,5D,10D,11D,12D,13D,18D,19D,20D,21D,22D,23D. The Morgan fingerprint density at radius 3 is 1.78 bits per heavy atom. The van der Waals surface area contributed by atoms with Gasteiger partial charge in [0.2, 0.25) is 0 Å². The number of hydrogen-bond donors (Lipinski definition) is 0. The first-order chi connectivity index (χ1) is 25.7. The molecule has 6 aromatic carbocycles. The molecule has 0 aliphatic carbocycles. The van der Waals surface area contributed by atoms with Gasteiger partial charge in [-0.2, -0.15) is 0 Å². The average Bonchev–Trinajstić information content (AvgIpc) is 3.60. The molecule has 0 unspecified atom stereocenters. The molecule has 0 saturated heterocycles. The third kappa shape index (κ3) is 4.05. The van der Waals surface area contributed by atoms with E-state index in [1.165, 1.54) is 0 Å². The lowest BCUT2D eigenvalue weighted by molar-refractivity contribution is 0.669. The van der Waals surface area contributed by atoms with Crippen molar-refractivity contribution in [3.05, 3.63) is 139 Å². The first kappa shape index (κ1) is 13.6. The van der Waals surface area contributed by atoms with Crippen molar-refractivity contribution in [2.75, 3.05) is 0 Å². The van der Waals surface area contributed by atoms with Crippen LogP contribution in [0.3, 0.4) is 0 Å². The highest BCUT2D eigenvalue weighted by molar-refractivity contribution is 6.20. The molecule has 0 radical (unpaired) electrons. The Morgan fingerprint density at radius 1 is 0.488 bits per heavy atom. The number of benzene rings is 6. The van der Waals surface area contributed by atoms with Crippen LogP contribution >= 0.6 is 0 Å². The van der Waals surface area contributed by atoms with Gasteiger partial charge in [-0.15, -0.1) is 0 Å². The van der Waals surface area contributed by atoms with Crippen LogP contribution in [-0.2, 0) is 0 Å². The van der Waals surface area contributed by atoms with E-state index in [-0.39, 0.29) is 61.3 Å². The van der Waals surface area contributed by atoms with Gasteiger partial charge in [0.05, 0.1) is 17.8 Å². The zero-order valence-electron chi connectivity index (χ0n) is 34.0. The maximum absolute atomic E-state index is 9.41. The summed E-state index contributed by atoms with van der Waals surface area (Å²) in [5.74, 6) is 0.317. The molecule has 192 valence electrons. The molecule has 8 rings (SSSR count). The quantitative estimate of drug-likeness (QED) is 0.224. The molecule has 0 spiro atoms. The van der Waals surface area contributed by atoms with Crippen molar-refractivity contribution in [1.82, 2.24) is 15.0 Å². The second-order valence-corrected chi connectivity index (χ2v) is 9.05. The van der Waals surface area contributed by atoms with Gasteiger partial charge < -0.3 is 4.42 Å².